The van der Waals surface area contributed by atoms with E-state index in [-0.39, 0.29) is 17.6 Å². The number of nitrogens with zero attached hydrogens (tertiary/aromatic N) is 2. The highest BCUT2D eigenvalue weighted by molar-refractivity contribution is 5.90. The van der Waals surface area contributed by atoms with Crippen LogP contribution in [-0.4, -0.2) is 28.6 Å². The molecule has 1 saturated carbocycles. The fourth-order valence-corrected chi connectivity index (χ4v) is 1.66. The second-order valence-corrected chi connectivity index (χ2v) is 4.43. The first-order valence-corrected chi connectivity index (χ1v) is 6.09. The van der Waals surface area contributed by atoms with Crippen molar-refractivity contribution in [2.45, 2.75) is 44.6 Å². The van der Waals surface area contributed by atoms with Crippen LogP contribution in [0.25, 0.3) is 0 Å². The van der Waals surface area contributed by atoms with Crippen LogP contribution in [0, 0.1) is 0 Å². The molecule has 1 aromatic rings. The molecule has 94 valence electrons. The summed E-state index contributed by atoms with van der Waals surface area (Å²) in [4.78, 5) is 15.8. The van der Waals surface area contributed by atoms with Crippen molar-refractivity contribution in [3.8, 4) is 0 Å². The van der Waals surface area contributed by atoms with Gasteiger partial charge in [-0.3, -0.25) is 4.79 Å². The van der Waals surface area contributed by atoms with Crippen molar-refractivity contribution < 1.29 is 9.32 Å². The smallest absolute Gasteiger partial charge is 0.292 e. The Hall–Kier alpha value is -1.43. The first-order valence-electron chi connectivity index (χ1n) is 6.09. The normalized spacial score (nSPS) is 16.8. The minimum Gasteiger partial charge on any atom is -0.346 e. The summed E-state index contributed by atoms with van der Waals surface area (Å²) in [7, 11) is 0. The number of carbonyl (C=O) groups excluding carboxylic acids is 1. The molecule has 0 radical (unpaired) electrons. The molecule has 0 aromatic carbocycles. The third kappa shape index (κ3) is 3.03. The Morgan fingerprint density at radius 2 is 2.41 bits per heavy atom. The third-order valence-electron chi connectivity index (χ3n) is 2.83. The second-order valence-electron chi connectivity index (χ2n) is 4.43. The van der Waals surface area contributed by atoms with Gasteiger partial charge in [-0.15, -0.1) is 0 Å². The highest BCUT2D eigenvalue weighted by atomic mass is 16.5. The molecule has 1 heterocycles. The van der Waals surface area contributed by atoms with E-state index in [9.17, 15) is 4.79 Å². The highest BCUT2D eigenvalue weighted by Crippen LogP contribution is 2.20. The van der Waals surface area contributed by atoms with Crippen LogP contribution in [0.15, 0.2) is 4.52 Å². The number of hydrogen-bond acceptors (Lipinski definition) is 5. The third-order valence-corrected chi connectivity index (χ3v) is 2.83. The predicted molar refractivity (Wildman–Crippen MR) is 61.5 cm³/mol. The number of rotatable bonds is 6. The molecule has 0 aliphatic heterocycles. The van der Waals surface area contributed by atoms with Crippen molar-refractivity contribution >= 4 is 5.91 Å². The summed E-state index contributed by atoms with van der Waals surface area (Å²) in [6.45, 7) is 2.53. The Kier molecular flexibility index (Phi) is 3.73. The van der Waals surface area contributed by atoms with Crippen LogP contribution < -0.4 is 11.1 Å². The van der Waals surface area contributed by atoms with Crippen LogP contribution >= 0.6 is 0 Å². The first kappa shape index (κ1) is 12.0. The highest BCUT2D eigenvalue weighted by Gasteiger charge is 2.27. The van der Waals surface area contributed by atoms with Gasteiger partial charge in [0.1, 0.15) is 0 Å². The molecule has 2 rings (SSSR count). The van der Waals surface area contributed by atoms with Gasteiger partial charge in [-0.1, -0.05) is 18.5 Å². The molecule has 0 saturated heterocycles. The van der Waals surface area contributed by atoms with E-state index in [1.807, 2.05) is 0 Å². The van der Waals surface area contributed by atoms with E-state index in [1.165, 1.54) is 0 Å². The number of amides is 1. The minimum atomic E-state index is -0.255. The van der Waals surface area contributed by atoms with Gasteiger partial charge in [-0.05, 0) is 19.3 Å². The average Bonchev–Trinajstić information content (AvgIpc) is 2.99. The van der Waals surface area contributed by atoms with Crippen molar-refractivity contribution in [2.75, 3.05) is 6.54 Å². The van der Waals surface area contributed by atoms with Crippen LogP contribution in [0.2, 0.25) is 0 Å². The van der Waals surface area contributed by atoms with E-state index < -0.39 is 0 Å². The maximum absolute atomic E-state index is 11.6. The molecule has 1 fully saturated rings. The maximum atomic E-state index is 11.6. The Labute approximate surface area is 99.9 Å². The zero-order valence-corrected chi connectivity index (χ0v) is 9.98. The van der Waals surface area contributed by atoms with Crippen LogP contribution in [0.1, 0.15) is 55.0 Å². The fourth-order valence-electron chi connectivity index (χ4n) is 1.66. The Balaban J connectivity index is 2.00. The zero-order valence-electron chi connectivity index (χ0n) is 9.98. The monoisotopic (exact) mass is 238 g/mol. The molecule has 1 atom stereocenters. The van der Waals surface area contributed by atoms with Crippen LogP contribution in [0.5, 0.6) is 0 Å². The molecule has 3 N–H and O–H groups in total. The molecule has 1 amide bonds. The van der Waals surface area contributed by atoms with Crippen molar-refractivity contribution in [1.29, 1.82) is 0 Å². The lowest BCUT2D eigenvalue weighted by Crippen LogP contribution is -2.26. The van der Waals surface area contributed by atoms with E-state index in [4.69, 9.17) is 10.3 Å². The molecule has 1 aliphatic carbocycles. The van der Waals surface area contributed by atoms with Crippen molar-refractivity contribution in [2.24, 2.45) is 5.73 Å². The Morgan fingerprint density at radius 3 is 3.00 bits per heavy atom. The first-order chi connectivity index (χ1) is 8.24. The summed E-state index contributed by atoms with van der Waals surface area (Å²) in [6, 6.07) is 0.297. The van der Waals surface area contributed by atoms with E-state index in [0.29, 0.717) is 18.5 Å². The van der Waals surface area contributed by atoms with Crippen molar-refractivity contribution in [3.05, 3.63) is 11.7 Å². The van der Waals surface area contributed by atoms with Gasteiger partial charge < -0.3 is 15.6 Å². The van der Waals surface area contributed by atoms with Crippen LogP contribution in [0.3, 0.4) is 0 Å². The van der Waals surface area contributed by atoms with Crippen molar-refractivity contribution in [3.63, 3.8) is 0 Å². The number of nitrogens with two attached hydrogens (primary N) is 1. The van der Waals surface area contributed by atoms with Gasteiger partial charge >= 0.3 is 0 Å². The summed E-state index contributed by atoms with van der Waals surface area (Å²) in [5.74, 6) is 0.376. The van der Waals surface area contributed by atoms with Gasteiger partial charge in [0.25, 0.3) is 11.7 Å². The standard InChI is InChI=1S/C11H18N4O2/c1-2-3-7(6-12)11-14-9(15-17-11)10(16)13-8-4-5-8/h7-8H,2-6,12H2,1H3,(H,13,16). The quantitative estimate of drug-likeness (QED) is 0.764. The number of aromatic nitrogens is 2. The predicted octanol–water partition coefficient (Wildman–Crippen LogP) is 0.804. The number of nitrogens with one attached hydrogen (secondary N) is 1. The van der Waals surface area contributed by atoms with E-state index in [1.54, 1.807) is 0 Å². The van der Waals surface area contributed by atoms with Gasteiger partial charge in [0.2, 0.25) is 5.89 Å². The molecule has 1 aliphatic rings. The van der Waals surface area contributed by atoms with Gasteiger partial charge in [0, 0.05) is 12.6 Å². The molecule has 0 bridgehead atoms. The zero-order chi connectivity index (χ0) is 12.3. The summed E-state index contributed by atoms with van der Waals surface area (Å²) in [6.07, 6.45) is 3.96. The van der Waals surface area contributed by atoms with Crippen molar-refractivity contribution in [1.82, 2.24) is 15.5 Å². The lowest BCUT2D eigenvalue weighted by molar-refractivity contribution is 0.0937. The Bertz CT molecular complexity index is 387. The molecular formula is C11H18N4O2. The van der Waals surface area contributed by atoms with Gasteiger partial charge in [-0.25, -0.2) is 0 Å². The average molecular weight is 238 g/mol. The molecule has 1 aromatic heterocycles. The lowest BCUT2D eigenvalue weighted by atomic mass is 10.0. The van der Waals surface area contributed by atoms with E-state index >= 15 is 0 Å². The summed E-state index contributed by atoms with van der Waals surface area (Å²) >= 11 is 0. The number of hydrogen-bond donors (Lipinski definition) is 2. The van der Waals surface area contributed by atoms with E-state index in [0.717, 1.165) is 25.7 Å². The molecule has 0 spiro atoms. The number of carbonyl (C=O) groups is 1. The maximum Gasteiger partial charge on any atom is 0.292 e. The SMILES string of the molecule is CCCC(CN)c1nc(C(=O)NC2CC2)no1. The van der Waals surface area contributed by atoms with Crippen LogP contribution in [0.4, 0.5) is 0 Å². The van der Waals surface area contributed by atoms with Gasteiger partial charge in [0.15, 0.2) is 0 Å². The van der Waals surface area contributed by atoms with E-state index in [2.05, 4.69) is 22.4 Å². The molecule has 1 unspecified atom stereocenters. The largest absolute Gasteiger partial charge is 0.346 e. The molecule has 6 nitrogen and oxygen atoms in total. The fraction of sp³-hybridized carbons (Fsp3) is 0.727. The molecular weight excluding hydrogens is 220 g/mol. The summed E-state index contributed by atoms with van der Waals surface area (Å²) in [5, 5.41) is 6.51. The molecule has 6 heteroatoms. The van der Waals surface area contributed by atoms with Gasteiger partial charge in [0.05, 0.1) is 5.92 Å². The van der Waals surface area contributed by atoms with Gasteiger partial charge in [-0.2, -0.15) is 4.98 Å². The summed E-state index contributed by atoms with van der Waals surface area (Å²) < 4.78 is 5.09. The Morgan fingerprint density at radius 1 is 1.65 bits per heavy atom. The lowest BCUT2D eigenvalue weighted by Gasteiger charge is -2.06. The summed E-state index contributed by atoms with van der Waals surface area (Å²) in [5.41, 5.74) is 5.64. The second kappa shape index (κ2) is 5.27. The minimum absolute atomic E-state index is 0.0509. The topological polar surface area (TPSA) is 94.0 Å². The van der Waals surface area contributed by atoms with Crippen LogP contribution in [-0.2, 0) is 0 Å². The molecule has 17 heavy (non-hydrogen) atoms.